The SMILES string of the molecule is CC(=O)C1(C)CCN(c2ccc(C)cc2)C1=O. The fraction of sp³-hybridized carbons (Fsp3) is 0.429. The number of benzene rings is 1. The van der Waals surface area contributed by atoms with Crippen LogP contribution >= 0.6 is 0 Å². The minimum atomic E-state index is -0.828. The third-order valence-corrected chi connectivity index (χ3v) is 3.68. The molecule has 1 fully saturated rings. The van der Waals surface area contributed by atoms with Crippen LogP contribution in [0.25, 0.3) is 0 Å². The molecule has 0 aromatic heterocycles. The number of anilines is 1. The minimum Gasteiger partial charge on any atom is -0.312 e. The molecule has 0 spiro atoms. The predicted octanol–water partition coefficient (Wildman–Crippen LogP) is 2.33. The maximum Gasteiger partial charge on any atom is 0.240 e. The molecule has 0 N–H and O–H groups in total. The maximum atomic E-state index is 12.3. The Balaban J connectivity index is 2.29. The Hall–Kier alpha value is -1.64. The van der Waals surface area contributed by atoms with Crippen LogP contribution in [0.2, 0.25) is 0 Å². The topological polar surface area (TPSA) is 37.4 Å². The standard InChI is InChI=1S/C14H17NO2/c1-10-4-6-12(7-5-10)15-9-8-14(3,11(2)16)13(15)17/h4-7H,8-9H2,1-3H3. The maximum absolute atomic E-state index is 12.3. The fourth-order valence-electron chi connectivity index (χ4n) is 2.14. The van der Waals surface area contributed by atoms with Crippen molar-refractivity contribution in [3.63, 3.8) is 0 Å². The first-order chi connectivity index (χ1) is 7.95. The lowest BCUT2D eigenvalue weighted by Gasteiger charge is -2.21. The molecule has 1 aliphatic rings. The summed E-state index contributed by atoms with van der Waals surface area (Å²) in [7, 11) is 0. The smallest absolute Gasteiger partial charge is 0.240 e. The van der Waals surface area contributed by atoms with Gasteiger partial charge in [-0.1, -0.05) is 17.7 Å². The van der Waals surface area contributed by atoms with Gasteiger partial charge in [0.25, 0.3) is 0 Å². The van der Waals surface area contributed by atoms with E-state index >= 15 is 0 Å². The van der Waals surface area contributed by atoms with E-state index in [9.17, 15) is 9.59 Å². The summed E-state index contributed by atoms with van der Waals surface area (Å²) in [4.78, 5) is 25.5. The molecule has 1 heterocycles. The van der Waals surface area contributed by atoms with Crippen LogP contribution in [0.15, 0.2) is 24.3 Å². The third kappa shape index (κ3) is 1.86. The van der Waals surface area contributed by atoms with Crippen molar-refractivity contribution in [2.45, 2.75) is 27.2 Å². The minimum absolute atomic E-state index is 0.0443. The van der Waals surface area contributed by atoms with Gasteiger partial charge in [-0.25, -0.2) is 0 Å². The highest BCUT2D eigenvalue weighted by Crippen LogP contribution is 2.35. The van der Waals surface area contributed by atoms with Crippen molar-refractivity contribution in [3.05, 3.63) is 29.8 Å². The summed E-state index contributed by atoms with van der Waals surface area (Å²) >= 11 is 0. The summed E-state index contributed by atoms with van der Waals surface area (Å²) in [6.07, 6.45) is 0.606. The van der Waals surface area contributed by atoms with Gasteiger partial charge in [-0.2, -0.15) is 0 Å². The van der Waals surface area contributed by atoms with E-state index in [1.165, 1.54) is 6.92 Å². The Morgan fingerprint density at radius 1 is 1.29 bits per heavy atom. The summed E-state index contributed by atoms with van der Waals surface area (Å²) in [5.74, 6) is -0.119. The third-order valence-electron chi connectivity index (χ3n) is 3.68. The van der Waals surface area contributed by atoms with Crippen LogP contribution in [0, 0.1) is 12.3 Å². The number of ketones is 1. The predicted molar refractivity (Wildman–Crippen MR) is 66.9 cm³/mol. The van der Waals surface area contributed by atoms with Gasteiger partial charge in [0, 0.05) is 12.2 Å². The second kappa shape index (κ2) is 3.99. The highest BCUT2D eigenvalue weighted by atomic mass is 16.2. The average molecular weight is 231 g/mol. The molecule has 3 heteroatoms. The van der Waals surface area contributed by atoms with Gasteiger partial charge < -0.3 is 4.90 Å². The monoisotopic (exact) mass is 231 g/mol. The lowest BCUT2D eigenvalue weighted by Crippen LogP contribution is -2.37. The van der Waals surface area contributed by atoms with Crippen LogP contribution in [-0.4, -0.2) is 18.2 Å². The van der Waals surface area contributed by atoms with Gasteiger partial charge in [0.15, 0.2) is 0 Å². The fourth-order valence-corrected chi connectivity index (χ4v) is 2.14. The van der Waals surface area contributed by atoms with Gasteiger partial charge in [0.1, 0.15) is 11.2 Å². The molecule has 0 radical (unpaired) electrons. The van der Waals surface area contributed by atoms with Crippen LogP contribution in [0.3, 0.4) is 0 Å². The van der Waals surface area contributed by atoms with E-state index in [-0.39, 0.29) is 11.7 Å². The molecule has 1 aliphatic heterocycles. The van der Waals surface area contributed by atoms with Crippen molar-refractivity contribution in [2.75, 3.05) is 11.4 Å². The Morgan fingerprint density at radius 3 is 2.35 bits per heavy atom. The van der Waals surface area contributed by atoms with Crippen LogP contribution < -0.4 is 4.90 Å². The molecule has 1 amide bonds. The van der Waals surface area contributed by atoms with Crippen molar-refractivity contribution >= 4 is 17.4 Å². The van der Waals surface area contributed by atoms with Crippen LogP contribution in [0.1, 0.15) is 25.8 Å². The number of carbonyl (C=O) groups excluding carboxylic acids is 2. The zero-order valence-corrected chi connectivity index (χ0v) is 10.5. The number of hydrogen-bond donors (Lipinski definition) is 0. The molecule has 2 rings (SSSR count). The normalized spacial score (nSPS) is 24.2. The van der Waals surface area contributed by atoms with Crippen molar-refractivity contribution < 1.29 is 9.59 Å². The highest BCUT2D eigenvalue weighted by molar-refractivity contribution is 6.13. The number of rotatable bonds is 2. The molecule has 1 unspecified atom stereocenters. The summed E-state index contributed by atoms with van der Waals surface area (Å²) < 4.78 is 0. The van der Waals surface area contributed by atoms with E-state index in [2.05, 4.69) is 0 Å². The molecule has 0 aliphatic carbocycles. The van der Waals surface area contributed by atoms with Crippen molar-refractivity contribution in [3.8, 4) is 0 Å². The lowest BCUT2D eigenvalue weighted by atomic mass is 9.85. The van der Waals surface area contributed by atoms with E-state index in [0.29, 0.717) is 13.0 Å². The number of carbonyl (C=O) groups is 2. The van der Waals surface area contributed by atoms with Crippen LogP contribution in [0.5, 0.6) is 0 Å². The van der Waals surface area contributed by atoms with E-state index in [0.717, 1.165) is 11.3 Å². The summed E-state index contributed by atoms with van der Waals surface area (Å²) in [5, 5.41) is 0. The van der Waals surface area contributed by atoms with E-state index in [1.54, 1.807) is 11.8 Å². The van der Waals surface area contributed by atoms with Gasteiger partial charge >= 0.3 is 0 Å². The Morgan fingerprint density at radius 2 is 1.88 bits per heavy atom. The van der Waals surface area contributed by atoms with Crippen LogP contribution in [-0.2, 0) is 9.59 Å². The highest BCUT2D eigenvalue weighted by Gasteiger charge is 2.46. The quantitative estimate of drug-likeness (QED) is 0.732. The molecule has 1 atom stereocenters. The average Bonchev–Trinajstić information content (AvgIpc) is 2.59. The van der Waals surface area contributed by atoms with Gasteiger partial charge in [-0.05, 0) is 39.3 Å². The van der Waals surface area contributed by atoms with E-state index in [4.69, 9.17) is 0 Å². The lowest BCUT2D eigenvalue weighted by molar-refractivity contribution is -0.135. The van der Waals surface area contributed by atoms with Gasteiger partial charge in [-0.15, -0.1) is 0 Å². The molecule has 0 bridgehead atoms. The van der Waals surface area contributed by atoms with Gasteiger partial charge in [0.05, 0.1) is 0 Å². The van der Waals surface area contributed by atoms with Crippen molar-refractivity contribution in [2.24, 2.45) is 5.41 Å². The molecular formula is C14H17NO2. The molecule has 1 aromatic carbocycles. The molecule has 0 saturated carbocycles. The number of hydrogen-bond acceptors (Lipinski definition) is 2. The molecule has 1 saturated heterocycles. The Labute approximate surface area is 101 Å². The second-order valence-corrected chi connectivity index (χ2v) is 4.93. The van der Waals surface area contributed by atoms with E-state index < -0.39 is 5.41 Å². The first-order valence-electron chi connectivity index (χ1n) is 5.85. The first-order valence-corrected chi connectivity index (χ1v) is 5.85. The number of amides is 1. The van der Waals surface area contributed by atoms with E-state index in [1.807, 2.05) is 31.2 Å². The van der Waals surface area contributed by atoms with Crippen LogP contribution in [0.4, 0.5) is 5.69 Å². The number of aryl methyl sites for hydroxylation is 1. The summed E-state index contributed by atoms with van der Waals surface area (Å²) in [6, 6.07) is 7.82. The Kier molecular flexibility index (Phi) is 2.77. The summed E-state index contributed by atoms with van der Waals surface area (Å²) in [6.45, 7) is 5.87. The zero-order chi connectivity index (χ0) is 12.6. The first kappa shape index (κ1) is 11.8. The molecule has 90 valence electrons. The molecule has 1 aromatic rings. The zero-order valence-electron chi connectivity index (χ0n) is 10.5. The summed E-state index contributed by atoms with van der Waals surface area (Å²) in [5.41, 5.74) is 1.21. The number of nitrogens with zero attached hydrogens (tertiary/aromatic N) is 1. The van der Waals surface area contributed by atoms with Crippen molar-refractivity contribution in [1.82, 2.24) is 0 Å². The van der Waals surface area contributed by atoms with Gasteiger partial charge in [0.2, 0.25) is 5.91 Å². The molecule has 3 nitrogen and oxygen atoms in total. The number of Topliss-reactive ketones (excluding diaryl/α,β-unsaturated/α-hetero) is 1. The Bertz CT molecular complexity index is 464. The second-order valence-electron chi connectivity index (χ2n) is 4.93. The van der Waals surface area contributed by atoms with Crippen molar-refractivity contribution in [1.29, 1.82) is 0 Å². The molecular weight excluding hydrogens is 214 g/mol. The largest absolute Gasteiger partial charge is 0.312 e. The van der Waals surface area contributed by atoms with Gasteiger partial charge in [-0.3, -0.25) is 9.59 Å². The molecule has 17 heavy (non-hydrogen) atoms.